The number of rotatable bonds is 7. The van der Waals surface area contributed by atoms with Crippen molar-refractivity contribution in [3.8, 4) is 28.7 Å². The summed E-state index contributed by atoms with van der Waals surface area (Å²) in [5.41, 5.74) is 2.28. The molecule has 0 bridgehead atoms. The maximum atomic E-state index is 12.4. The highest BCUT2D eigenvalue weighted by Gasteiger charge is 2.14. The molecule has 0 unspecified atom stereocenters. The topological polar surface area (TPSA) is 112 Å². The fourth-order valence-electron chi connectivity index (χ4n) is 3.13. The van der Waals surface area contributed by atoms with Crippen molar-refractivity contribution in [2.45, 2.75) is 4.90 Å². The Morgan fingerprint density at radius 1 is 0.912 bits per heavy atom. The molecule has 0 aliphatic carbocycles. The summed E-state index contributed by atoms with van der Waals surface area (Å²) in [6.07, 6.45) is 0. The Balaban J connectivity index is 1.40. The molecule has 0 radical (unpaired) electrons. The Morgan fingerprint density at radius 3 is 2.50 bits per heavy atom. The highest BCUT2D eigenvalue weighted by molar-refractivity contribution is 7.98. The summed E-state index contributed by atoms with van der Waals surface area (Å²) >= 11 is 1.04. The molecule has 174 valence electrons. The third kappa shape index (κ3) is 5.07. The third-order valence-corrected chi connectivity index (χ3v) is 5.59. The molecule has 0 spiro atoms. The minimum atomic E-state index is -0.665. The molecule has 3 amide bonds. The van der Waals surface area contributed by atoms with Gasteiger partial charge in [0, 0.05) is 16.0 Å². The first kappa shape index (κ1) is 23.0. The lowest BCUT2D eigenvalue weighted by atomic mass is 10.2. The lowest BCUT2D eigenvalue weighted by Gasteiger charge is -2.10. The number of aromatic nitrogens is 1. The van der Waals surface area contributed by atoms with E-state index in [1.54, 1.807) is 31.4 Å². The van der Waals surface area contributed by atoms with Crippen LogP contribution < -0.4 is 24.2 Å². The Hall–Kier alpha value is -4.18. The molecular formula is C24H21N3O6S. The summed E-state index contributed by atoms with van der Waals surface area (Å²) in [4.78, 5) is 29.8. The van der Waals surface area contributed by atoms with Crippen LogP contribution in [0.15, 0.2) is 70.0 Å². The molecule has 0 saturated heterocycles. The average molecular weight is 480 g/mol. The minimum absolute atomic E-state index is 0.256. The molecular weight excluding hydrogens is 458 g/mol. The normalized spacial score (nSPS) is 10.6. The van der Waals surface area contributed by atoms with Gasteiger partial charge in [-0.05, 0) is 66.5 Å². The smallest absolute Gasteiger partial charge is 0.331 e. The van der Waals surface area contributed by atoms with Crippen molar-refractivity contribution < 1.29 is 28.2 Å². The summed E-state index contributed by atoms with van der Waals surface area (Å²) < 4.78 is 24.0. The Labute approximate surface area is 199 Å². The molecule has 1 aromatic heterocycles. The van der Waals surface area contributed by atoms with E-state index >= 15 is 0 Å². The van der Waals surface area contributed by atoms with Crippen molar-refractivity contribution >= 4 is 35.0 Å². The van der Waals surface area contributed by atoms with E-state index in [1.807, 2.05) is 24.3 Å². The summed E-state index contributed by atoms with van der Waals surface area (Å²) in [7, 11) is 4.56. The van der Waals surface area contributed by atoms with Gasteiger partial charge < -0.3 is 18.6 Å². The van der Waals surface area contributed by atoms with Gasteiger partial charge in [0.15, 0.2) is 17.1 Å². The Kier molecular flexibility index (Phi) is 6.88. The first-order valence-electron chi connectivity index (χ1n) is 10.1. The molecule has 2 N–H and O–H groups in total. The van der Waals surface area contributed by atoms with Crippen LogP contribution in [-0.2, 0) is 0 Å². The molecule has 1 heterocycles. The number of benzene rings is 3. The van der Waals surface area contributed by atoms with Crippen LogP contribution in [0.2, 0.25) is 0 Å². The second-order valence-corrected chi connectivity index (χ2v) is 7.82. The summed E-state index contributed by atoms with van der Waals surface area (Å²) in [5, 5.41) is 2.28. The third-order valence-electron chi connectivity index (χ3n) is 4.81. The van der Waals surface area contributed by atoms with Gasteiger partial charge in [0.1, 0.15) is 11.3 Å². The molecule has 0 fully saturated rings. The molecule has 4 aromatic rings. The monoisotopic (exact) mass is 479 g/mol. The number of nitrogens with one attached hydrogen (secondary N) is 2. The van der Waals surface area contributed by atoms with Crippen LogP contribution in [0.25, 0.3) is 22.6 Å². The number of ether oxygens (including phenoxy) is 3. The van der Waals surface area contributed by atoms with Crippen molar-refractivity contribution in [3.05, 3.63) is 66.2 Å². The predicted octanol–water partition coefficient (Wildman–Crippen LogP) is 4.67. The van der Waals surface area contributed by atoms with Gasteiger partial charge in [0.05, 0.1) is 21.3 Å². The number of hydrogen-bond donors (Lipinski definition) is 2. The van der Waals surface area contributed by atoms with Crippen LogP contribution in [0.4, 0.5) is 4.79 Å². The van der Waals surface area contributed by atoms with Gasteiger partial charge in [0.25, 0.3) is 5.91 Å². The number of fused-ring (bicyclic) bond motifs is 1. The number of imide groups is 1. The molecule has 34 heavy (non-hydrogen) atoms. The molecule has 3 aromatic carbocycles. The standard InChI is InChI=1S/C24H21N3O6S/c1-30-16-6-4-5-15(11-16)23-25-18-13-17(8-10-19(18)33-23)34-27-24(29)26-22(28)14-7-9-20(31-2)21(12-14)32-3/h4-13H,1-3H3,(H2,26,27,28,29). The van der Waals surface area contributed by atoms with Crippen molar-refractivity contribution in [2.24, 2.45) is 0 Å². The van der Waals surface area contributed by atoms with Gasteiger partial charge >= 0.3 is 6.03 Å². The zero-order chi connectivity index (χ0) is 24.1. The zero-order valence-electron chi connectivity index (χ0n) is 18.6. The number of carbonyl (C=O) groups is 2. The summed E-state index contributed by atoms with van der Waals surface area (Å²) in [6, 6.07) is 16.7. The van der Waals surface area contributed by atoms with Crippen LogP contribution in [0, 0.1) is 0 Å². The lowest BCUT2D eigenvalue weighted by Crippen LogP contribution is -2.36. The number of urea groups is 1. The molecule has 0 aliphatic heterocycles. The van der Waals surface area contributed by atoms with Gasteiger partial charge in [-0.1, -0.05) is 6.07 Å². The SMILES string of the molecule is COc1cccc(-c2nc3cc(SNC(=O)NC(=O)c4ccc(OC)c(OC)c4)ccc3o2)c1. The van der Waals surface area contributed by atoms with Crippen molar-refractivity contribution in [3.63, 3.8) is 0 Å². The molecule has 10 heteroatoms. The number of methoxy groups -OCH3 is 3. The molecule has 0 atom stereocenters. The summed E-state index contributed by atoms with van der Waals surface area (Å²) in [6.45, 7) is 0. The van der Waals surface area contributed by atoms with Crippen LogP contribution >= 0.6 is 11.9 Å². The van der Waals surface area contributed by atoms with Gasteiger partial charge in [-0.3, -0.25) is 14.8 Å². The van der Waals surface area contributed by atoms with Crippen molar-refractivity contribution in [2.75, 3.05) is 21.3 Å². The minimum Gasteiger partial charge on any atom is -0.497 e. The first-order valence-corrected chi connectivity index (χ1v) is 10.9. The van der Waals surface area contributed by atoms with E-state index in [4.69, 9.17) is 18.6 Å². The number of carbonyl (C=O) groups excluding carboxylic acids is 2. The van der Waals surface area contributed by atoms with Crippen LogP contribution in [0.1, 0.15) is 10.4 Å². The highest BCUT2D eigenvalue weighted by Crippen LogP contribution is 2.29. The largest absolute Gasteiger partial charge is 0.497 e. The first-order chi connectivity index (χ1) is 16.5. The second-order valence-electron chi connectivity index (χ2n) is 6.94. The average Bonchev–Trinajstić information content (AvgIpc) is 3.30. The molecule has 9 nitrogen and oxygen atoms in total. The lowest BCUT2D eigenvalue weighted by molar-refractivity contribution is 0.0965. The molecule has 4 rings (SSSR count). The van der Waals surface area contributed by atoms with Crippen LogP contribution in [0.5, 0.6) is 17.2 Å². The van der Waals surface area contributed by atoms with E-state index in [0.717, 1.165) is 17.5 Å². The van der Waals surface area contributed by atoms with Gasteiger partial charge in [-0.2, -0.15) is 0 Å². The van der Waals surface area contributed by atoms with E-state index < -0.39 is 11.9 Å². The maximum absolute atomic E-state index is 12.4. The number of hydrogen-bond acceptors (Lipinski definition) is 8. The zero-order valence-corrected chi connectivity index (χ0v) is 19.4. The van der Waals surface area contributed by atoms with Gasteiger partial charge in [-0.15, -0.1) is 0 Å². The quantitative estimate of drug-likeness (QED) is 0.368. The van der Waals surface area contributed by atoms with E-state index in [0.29, 0.717) is 39.1 Å². The fraction of sp³-hybridized carbons (Fsp3) is 0.125. The Morgan fingerprint density at radius 2 is 1.74 bits per heavy atom. The van der Waals surface area contributed by atoms with Crippen LogP contribution in [-0.4, -0.2) is 38.3 Å². The number of amides is 3. The fourth-order valence-corrected chi connectivity index (χ4v) is 3.70. The van der Waals surface area contributed by atoms with Crippen LogP contribution in [0.3, 0.4) is 0 Å². The second kappa shape index (κ2) is 10.2. The predicted molar refractivity (Wildman–Crippen MR) is 127 cm³/mol. The van der Waals surface area contributed by atoms with Gasteiger partial charge in [0.2, 0.25) is 5.89 Å². The van der Waals surface area contributed by atoms with Crippen molar-refractivity contribution in [1.29, 1.82) is 0 Å². The molecule has 0 saturated carbocycles. The highest BCUT2D eigenvalue weighted by atomic mass is 32.2. The van der Waals surface area contributed by atoms with E-state index in [2.05, 4.69) is 15.0 Å². The van der Waals surface area contributed by atoms with E-state index in [1.165, 1.54) is 26.4 Å². The van der Waals surface area contributed by atoms with E-state index in [9.17, 15) is 9.59 Å². The van der Waals surface area contributed by atoms with Crippen molar-refractivity contribution in [1.82, 2.24) is 15.0 Å². The number of nitrogens with zero attached hydrogens (tertiary/aromatic N) is 1. The molecule has 0 aliphatic rings. The Bertz CT molecular complexity index is 1350. The summed E-state index contributed by atoms with van der Waals surface area (Å²) in [5.74, 6) is 1.46. The van der Waals surface area contributed by atoms with Gasteiger partial charge in [-0.25, -0.2) is 9.78 Å². The number of oxazole rings is 1. The van der Waals surface area contributed by atoms with E-state index in [-0.39, 0.29) is 5.56 Å². The maximum Gasteiger partial charge on any atom is 0.331 e.